The van der Waals surface area contributed by atoms with Gasteiger partial charge < -0.3 is 10.1 Å². The SMILES string of the molecule is Cc1ccc(NC(=O)CCC(=O)NN=Cc2cc(Cl)ccc2OCc2cccc(Cl)c2)cc1. The Morgan fingerprint density at radius 3 is 2.42 bits per heavy atom. The van der Waals surface area contributed by atoms with Crippen molar-refractivity contribution in [1.82, 2.24) is 5.43 Å². The quantitative estimate of drug-likeness (QED) is 0.300. The van der Waals surface area contributed by atoms with Gasteiger partial charge in [0.1, 0.15) is 12.4 Å². The molecule has 0 aromatic heterocycles. The highest BCUT2D eigenvalue weighted by molar-refractivity contribution is 6.31. The van der Waals surface area contributed by atoms with E-state index in [-0.39, 0.29) is 24.7 Å². The molecular formula is C25H23Cl2N3O3. The first-order valence-electron chi connectivity index (χ1n) is 10.2. The normalized spacial score (nSPS) is 10.8. The minimum absolute atomic E-state index is 0.00268. The number of hydrazone groups is 1. The van der Waals surface area contributed by atoms with Crippen molar-refractivity contribution in [2.45, 2.75) is 26.4 Å². The summed E-state index contributed by atoms with van der Waals surface area (Å²) in [5.41, 5.74) is 5.72. The Morgan fingerprint density at radius 1 is 0.939 bits per heavy atom. The number of anilines is 1. The lowest BCUT2D eigenvalue weighted by molar-refractivity contribution is -0.124. The van der Waals surface area contributed by atoms with Crippen molar-refractivity contribution in [2.75, 3.05) is 5.32 Å². The molecule has 3 aromatic rings. The van der Waals surface area contributed by atoms with E-state index in [1.807, 2.05) is 49.4 Å². The summed E-state index contributed by atoms with van der Waals surface area (Å²) in [6.45, 7) is 2.28. The van der Waals surface area contributed by atoms with E-state index in [9.17, 15) is 9.59 Å². The first kappa shape index (κ1) is 24.3. The molecule has 3 rings (SSSR count). The fraction of sp³-hybridized carbons (Fsp3) is 0.160. The maximum Gasteiger partial charge on any atom is 0.240 e. The fourth-order valence-electron chi connectivity index (χ4n) is 2.86. The Labute approximate surface area is 202 Å². The number of halogens is 2. The smallest absolute Gasteiger partial charge is 0.240 e. The molecule has 0 unspecified atom stereocenters. The molecule has 8 heteroatoms. The van der Waals surface area contributed by atoms with Gasteiger partial charge in [-0.3, -0.25) is 9.59 Å². The number of hydrogen-bond acceptors (Lipinski definition) is 4. The van der Waals surface area contributed by atoms with Gasteiger partial charge in [-0.2, -0.15) is 5.10 Å². The van der Waals surface area contributed by atoms with Crippen LogP contribution >= 0.6 is 23.2 Å². The molecule has 0 bridgehead atoms. The largest absolute Gasteiger partial charge is 0.488 e. The number of amides is 2. The summed E-state index contributed by atoms with van der Waals surface area (Å²) in [5.74, 6) is -0.0758. The van der Waals surface area contributed by atoms with Crippen LogP contribution < -0.4 is 15.5 Å². The second kappa shape index (κ2) is 12.0. The van der Waals surface area contributed by atoms with Crippen LogP contribution in [-0.4, -0.2) is 18.0 Å². The molecule has 33 heavy (non-hydrogen) atoms. The molecular weight excluding hydrogens is 461 g/mol. The van der Waals surface area contributed by atoms with E-state index in [2.05, 4.69) is 15.8 Å². The molecule has 3 aromatic carbocycles. The minimum atomic E-state index is -0.381. The predicted molar refractivity (Wildman–Crippen MR) is 132 cm³/mol. The van der Waals surface area contributed by atoms with E-state index in [0.717, 1.165) is 11.1 Å². The van der Waals surface area contributed by atoms with Crippen molar-refractivity contribution in [2.24, 2.45) is 5.10 Å². The molecule has 0 saturated heterocycles. The van der Waals surface area contributed by atoms with Gasteiger partial charge >= 0.3 is 0 Å². The third-order valence-electron chi connectivity index (χ3n) is 4.56. The summed E-state index contributed by atoms with van der Waals surface area (Å²) in [7, 11) is 0. The lowest BCUT2D eigenvalue weighted by Gasteiger charge is -2.10. The zero-order valence-corrected chi connectivity index (χ0v) is 19.5. The van der Waals surface area contributed by atoms with Crippen molar-refractivity contribution < 1.29 is 14.3 Å². The second-order valence-electron chi connectivity index (χ2n) is 7.31. The van der Waals surface area contributed by atoms with Crippen LogP contribution in [-0.2, 0) is 16.2 Å². The van der Waals surface area contributed by atoms with Gasteiger partial charge in [0.05, 0.1) is 6.21 Å². The number of nitrogens with zero attached hydrogens (tertiary/aromatic N) is 1. The predicted octanol–water partition coefficient (Wildman–Crippen LogP) is 5.75. The van der Waals surface area contributed by atoms with E-state index < -0.39 is 0 Å². The third kappa shape index (κ3) is 8.25. The number of ether oxygens (including phenoxy) is 1. The van der Waals surface area contributed by atoms with E-state index >= 15 is 0 Å². The highest BCUT2D eigenvalue weighted by Crippen LogP contribution is 2.23. The lowest BCUT2D eigenvalue weighted by atomic mass is 10.2. The number of hydrogen-bond donors (Lipinski definition) is 2. The van der Waals surface area contributed by atoms with E-state index in [1.54, 1.807) is 24.3 Å². The molecule has 0 radical (unpaired) electrons. The third-order valence-corrected chi connectivity index (χ3v) is 5.03. The maximum absolute atomic E-state index is 12.1. The van der Waals surface area contributed by atoms with Gasteiger partial charge in [0.25, 0.3) is 0 Å². The standard InChI is InChI=1S/C25H23Cl2N3O3/c1-17-5-8-22(9-6-17)29-24(31)11-12-25(32)30-28-15-19-14-21(27)7-10-23(19)33-16-18-3-2-4-20(26)13-18/h2-10,13-15H,11-12,16H2,1H3,(H,29,31)(H,30,32). The minimum Gasteiger partial charge on any atom is -0.488 e. The molecule has 0 saturated carbocycles. The topological polar surface area (TPSA) is 79.8 Å². The summed E-state index contributed by atoms with van der Waals surface area (Å²) in [5, 5.41) is 7.86. The van der Waals surface area contributed by atoms with E-state index in [1.165, 1.54) is 6.21 Å². The molecule has 0 aliphatic rings. The number of nitrogens with one attached hydrogen (secondary N) is 2. The zero-order valence-electron chi connectivity index (χ0n) is 18.0. The van der Waals surface area contributed by atoms with Crippen LogP contribution in [0.4, 0.5) is 5.69 Å². The number of benzene rings is 3. The number of carbonyl (C=O) groups excluding carboxylic acids is 2. The molecule has 0 atom stereocenters. The average Bonchev–Trinajstić information content (AvgIpc) is 2.79. The maximum atomic E-state index is 12.1. The van der Waals surface area contributed by atoms with Crippen molar-refractivity contribution >= 4 is 46.9 Å². The Morgan fingerprint density at radius 2 is 1.67 bits per heavy atom. The van der Waals surface area contributed by atoms with Gasteiger partial charge in [-0.25, -0.2) is 5.43 Å². The molecule has 0 spiro atoms. The van der Waals surface area contributed by atoms with Gasteiger partial charge in [0.15, 0.2) is 0 Å². The highest BCUT2D eigenvalue weighted by atomic mass is 35.5. The molecule has 2 amide bonds. The molecule has 0 aliphatic heterocycles. The van der Waals surface area contributed by atoms with Crippen molar-refractivity contribution in [3.8, 4) is 5.75 Å². The molecule has 0 heterocycles. The molecule has 170 valence electrons. The van der Waals surface area contributed by atoms with E-state index in [4.69, 9.17) is 27.9 Å². The van der Waals surface area contributed by atoms with Gasteiger partial charge in [0.2, 0.25) is 11.8 Å². The number of carbonyl (C=O) groups is 2. The van der Waals surface area contributed by atoms with Gasteiger partial charge in [-0.15, -0.1) is 0 Å². The monoisotopic (exact) mass is 483 g/mol. The Kier molecular flexibility index (Phi) is 8.87. The van der Waals surface area contributed by atoms with Crippen molar-refractivity contribution in [3.05, 3.63) is 93.5 Å². The number of aryl methyl sites for hydroxylation is 1. The zero-order chi connectivity index (χ0) is 23.6. The average molecular weight is 484 g/mol. The second-order valence-corrected chi connectivity index (χ2v) is 8.18. The van der Waals surface area contributed by atoms with Gasteiger partial charge in [-0.1, -0.05) is 53.0 Å². The molecule has 6 nitrogen and oxygen atoms in total. The van der Waals surface area contributed by atoms with Crippen LogP contribution in [0, 0.1) is 6.92 Å². The fourth-order valence-corrected chi connectivity index (χ4v) is 3.25. The van der Waals surface area contributed by atoms with Crippen LogP contribution in [0.1, 0.15) is 29.5 Å². The van der Waals surface area contributed by atoms with Gasteiger partial charge in [0, 0.05) is 34.1 Å². The lowest BCUT2D eigenvalue weighted by Crippen LogP contribution is -2.20. The van der Waals surface area contributed by atoms with Crippen molar-refractivity contribution in [3.63, 3.8) is 0 Å². The van der Waals surface area contributed by atoms with Crippen LogP contribution in [0.2, 0.25) is 10.0 Å². The first-order chi connectivity index (χ1) is 15.9. The van der Waals surface area contributed by atoms with Crippen LogP contribution in [0.25, 0.3) is 0 Å². The highest BCUT2D eigenvalue weighted by Gasteiger charge is 2.08. The van der Waals surface area contributed by atoms with Crippen molar-refractivity contribution in [1.29, 1.82) is 0 Å². The summed E-state index contributed by atoms with van der Waals surface area (Å²) in [6.07, 6.45) is 1.49. The Hall–Kier alpha value is -3.35. The Bertz CT molecular complexity index is 1150. The summed E-state index contributed by atoms with van der Waals surface area (Å²) in [6, 6.07) is 19.9. The first-order valence-corrected chi connectivity index (χ1v) is 11.0. The van der Waals surface area contributed by atoms with Gasteiger partial charge in [-0.05, 0) is 55.0 Å². The summed E-state index contributed by atoms with van der Waals surface area (Å²) in [4.78, 5) is 24.1. The Balaban J connectivity index is 1.50. The summed E-state index contributed by atoms with van der Waals surface area (Å²) >= 11 is 12.1. The number of rotatable bonds is 9. The molecule has 0 aliphatic carbocycles. The summed E-state index contributed by atoms with van der Waals surface area (Å²) < 4.78 is 5.86. The molecule has 0 fully saturated rings. The van der Waals surface area contributed by atoms with E-state index in [0.29, 0.717) is 33.7 Å². The van der Waals surface area contributed by atoms with Crippen LogP contribution in [0.15, 0.2) is 71.8 Å². The van der Waals surface area contributed by atoms with Crippen LogP contribution in [0.3, 0.4) is 0 Å². The van der Waals surface area contributed by atoms with Crippen LogP contribution in [0.5, 0.6) is 5.75 Å². The molecule has 2 N–H and O–H groups in total.